The maximum absolute atomic E-state index is 12.1. The molecule has 1 fully saturated rings. The second kappa shape index (κ2) is 4.97. The Morgan fingerprint density at radius 1 is 1.58 bits per heavy atom. The van der Waals surface area contributed by atoms with Crippen LogP contribution in [0, 0.1) is 12.8 Å². The Morgan fingerprint density at radius 3 is 2.68 bits per heavy atom. The molecule has 2 N–H and O–H groups in total. The Labute approximate surface area is 111 Å². The van der Waals surface area contributed by atoms with E-state index in [1.165, 1.54) is 6.92 Å². The first-order valence-electron chi connectivity index (χ1n) is 6.15. The van der Waals surface area contributed by atoms with Crippen molar-refractivity contribution in [2.45, 2.75) is 44.0 Å². The van der Waals surface area contributed by atoms with Crippen LogP contribution in [0.15, 0.2) is 15.4 Å². The number of hydrogen-bond donors (Lipinski definition) is 2. The van der Waals surface area contributed by atoms with Crippen molar-refractivity contribution < 1.29 is 22.7 Å². The summed E-state index contributed by atoms with van der Waals surface area (Å²) in [7, 11) is -3.73. The Balaban J connectivity index is 2.15. The van der Waals surface area contributed by atoms with Crippen molar-refractivity contribution >= 4 is 16.0 Å². The molecule has 1 aliphatic carbocycles. The van der Waals surface area contributed by atoms with Gasteiger partial charge in [-0.2, -0.15) is 0 Å². The number of furan rings is 1. The maximum Gasteiger partial charge on any atom is 0.371 e. The summed E-state index contributed by atoms with van der Waals surface area (Å²) in [6.45, 7) is 3.25. The third-order valence-corrected chi connectivity index (χ3v) is 4.81. The molecule has 1 aromatic heterocycles. The molecule has 0 spiro atoms. The Morgan fingerprint density at radius 2 is 2.21 bits per heavy atom. The lowest BCUT2D eigenvalue weighted by atomic mass is 10.2. The van der Waals surface area contributed by atoms with Crippen molar-refractivity contribution in [3.8, 4) is 0 Å². The van der Waals surface area contributed by atoms with E-state index in [2.05, 4.69) is 4.72 Å². The highest BCUT2D eigenvalue weighted by Crippen LogP contribution is 2.33. The predicted molar refractivity (Wildman–Crippen MR) is 67.5 cm³/mol. The molecule has 1 atom stereocenters. The molecule has 0 bridgehead atoms. The quantitative estimate of drug-likeness (QED) is 0.831. The lowest BCUT2D eigenvalue weighted by Gasteiger charge is -2.12. The molecule has 1 aromatic rings. The molecule has 6 nitrogen and oxygen atoms in total. The van der Waals surface area contributed by atoms with Gasteiger partial charge in [0, 0.05) is 12.1 Å². The van der Waals surface area contributed by atoms with Gasteiger partial charge in [0.2, 0.25) is 15.8 Å². The second-order valence-corrected chi connectivity index (χ2v) is 6.72. The summed E-state index contributed by atoms with van der Waals surface area (Å²) in [6, 6.07) is 0.879. The number of carboxylic acids is 1. The summed E-state index contributed by atoms with van der Waals surface area (Å²) in [4.78, 5) is 10.7. The first-order valence-corrected chi connectivity index (χ1v) is 7.64. The van der Waals surface area contributed by atoms with Crippen LogP contribution in [0.1, 0.15) is 42.5 Å². The van der Waals surface area contributed by atoms with E-state index in [-0.39, 0.29) is 22.5 Å². The van der Waals surface area contributed by atoms with Crippen LogP contribution in [0.25, 0.3) is 0 Å². The average Bonchev–Trinajstić information content (AvgIpc) is 2.96. The van der Waals surface area contributed by atoms with Crippen molar-refractivity contribution in [1.82, 2.24) is 4.72 Å². The molecule has 0 radical (unpaired) electrons. The topological polar surface area (TPSA) is 96.6 Å². The van der Waals surface area contributed by atoms with Gasteiger partial charge in [0.25, 0.3) is 0 Å². The standard InChI is InChI=1S/C12H17NO5S/c1-7(5-9-3-4-9)13-19(16,17)11-6-10(12(14)15)18-8(11)2/h6-7,9,13H,3-5H2,1-2H3,(H,14,15). The van der Waals surface area contributed by atoms with Crippen molar-refractivity contribution in [1.29, 1.82) is 0 Å². The molecule has 0 saturated heterocycles. The van der Waals surface area contributed by atoms with Crippen LogP contribution in [-0.4, -0.2) is 25.5 Å². The fourth-order valence-corrected chi connectivity index (χ4v) is 3.50. The Bertz CT molecular complexity index is 585. The van der Waals surface area contributed by atoms with E-state index in [0.29, 0.717) is 5.92 Å². The van der Waals surface area contributed by atoms with Crippen molar-refractivity contribution in [2.24, 2.45) is 5.92 Å². The number of rotatable bonds is 6. The van der Waals surface area contributed by atoms with Crippen LogP contribution >= 0.6 is 0 Å². The fourth-order valence-electron chi connectivity index (χ4n) is 2.07. The first-order chi connectivity index (χ1) is 8.79. The van der Waals surface area contributed by atoms with Crippen LogP contribution in [0.4, 0.5) is 0 Å². The van der Waals surface area contributed by atoms with E-state index in [4.69, 9.17) is 9.52 Å². The molecule has 1 heterocycles. The van der Waals surface area contributed by atoms with Gasteiger partial charge in [-0.1, -0.05) is 12.8 Å². The summed E-state index contributed by atoms with van der Waals surface area (Å²) in [6.07, 6.45) is 3.11. The SMILES string of the molecule is Cc1oc(C(=O)O)cc1S(=O)(=O)NC(C)CC1CC1. The zero-order valence-corrected chi connectivity index (χ0v) is 11.7. The Hall–Kier alpha value is -1.34. The maximum atomic E-state index is 12.1. The molecule has 106 valence electrons. The summed E-state index contributed by atoms with van der Waals surface area (Å²) in [5, 5.41) is 8.79. The number of nitrogens with one attached hydrogen (secondary N) is 1. The molecule has 0 aromatic carbocycles. The first kappa shape index (κ1) is 14.1. The molecule has 19 heavy (non-hydrogen) atoms. The number of sulfonamides is 1. The average molecular weight is 287 g/mol. The van der Waals surface area contributed by atoms with E-state index in [1.807, 2.05) is 6.92 Å². The van der Waals surface area contributed by atoms with Gasteiger partial charge in [-0.15, -0.1) is 0 Å². The minimum absolute atomic E-state index is 0.0866. The number of aromatic carboxylic acids is 1. The van der Waals surface area contributed by atoms with Crippen molar-refractivity contribution in [2.75, 3.05) is 0 Å². The van der Waals surface area contributed by atoms with Gasteiger partial charge in [-0.05, 0) is 26.2 Å². The normalized spacial score (nSPS) is 17.4. The summed E-state index contributed by atoms with van der Waals surface area (Å²) in [5.74, 6) is -0.954. The minimum Gasteiger partial charge on any atom is -0.475 e. The fraction of sp³-hybridized carbons (Fsp3) is 0.583. The number of carboxylic acid groups (broad SMARTS) is 1. The van der Waals surface area contributed by atoms with Gasteiger partial charge in [0.1, 0.15) is 10.7 Å². The lowest BCUT2D eigenvalue weighted by Crippen LogP contribution is -2.33. The smallest absolute Gasteiger partial charge is 0.371 e. The van der Waals surface area contributed by atoms with E-state index in [0.717, 1.165) is 25.3 Å². The lowest BCUT2D eigenvalue weighted by molar-refractivity contribution is 0.0661. The Kier molecular flexibility index (Phi) is 3.69. The molecule has 7 heteroatoms. The largest absolute Gasteiger partial charge is 0.475 e. The zero-order valence-electron chi connectivity index (χ0n) is 10.8. The van der Waals surface area contributed by atoms with E-state index in [9.17, 15) is 13.2 Å². The molecule has 0 aliphatic heterocycles. The van der Waals surface area contributed by atoms with Crippen LogP contribution in [0.5, 0.6) is 0 Å². The third kappa shape index (κ3) is 3.36. The van der Waals surface area contributed by atoms with Gasteiger partial charge in [-0.3, -0.25) is 0 Å². The number of carbonyl (C=O) groups is 1. The third-order valence-electron chi connectivity index (χ3n) is 3.11. The molecule has 1 unspecified atom stereocenters. The molecule has 1 saturated carbocycles. The summed E-state index contributed by atoms with van der Waals surface area (Å²) in [5.41, 5.74) is 0. The highest BCUT2D eigenvalue weighted by molar-refractivity contribution is 7.89. The van der Waals surface area contributed by atoms with Gasteiger partial charge in [0.15, 0.2) is 0 Å². The van der Waals surface area contributed by atoms with E-state index < -0.39 is 16.0 Å². The molecular formula is C12H17NO5S. The summed E-state index contributed by atoms with van der Waals surface area (Å²) < 4.78 is 31.7. The molecule has 1 aliphatic rings. The minimum atomic E-state index is -3.73. The van der Waals surface area contributed by atoms with Crippen LogP contribution in [-0.2, 0) is 10.0 Å². The van der Waals surface area contributed by atoms with Gasteiger partial charge < -0.3 is 9.52 Å². The monoisotopic (exact) mass is 287 g/mol. The van der Waals surface area contributed by atoms with Crippen LogP contribution < -0.4 is 4.72 Å². The van der Waals surface area contributed by atoms with Gasteiger partial charge in [0.05, 0.1) is 0 Å². The highest BCUT2D eigenvalue weighted by atomic mass is 32.2. The molecule has 2 rings (SSSR count). The number of hydrogen-bond acceptors (Lipinski definition) is 4. The van der Waals surface area contributed by atoms with Crippen LogP contribution in [0.3, 0.4) is 0 Å². The summed E-state index contributed by atoms with van der Waals surface area (Å²) >= 11 is 0. The molecule has 0 amide bonds. The second-order valence-electron chi connectivity index (χ2n) is 5.04. The highest BCUT2D eigenvalue weighted by Gasteiger charge is 2.28. The zero-order chi connectivity index (χ0) is 14.2. The van der Waals surface area contributed by atoms with Crippen molar-refractivity contribution in [3.05, 3.63) is 17.6 Å². The van der Waals surface area contributed by atoms with Crippen molar-refractivity contribution in [3.63, 3.8) is 0 Å². The van der Waals surface area contributed by atoms with E-state index in [1.54, 1.807) is 0 Å². The molecular weight excluding hydrogens is 270 g/mol. The van der Waals surface area contributed by atoms with Crippen LogP contribution in [0.2, 0.25) is 0 Å². The van der Waals surface area contributed by atoms with Gasteiger partial charge >= 0.3 is 5.97 Å². The van der Waals surface area contributed by atoms with Gasteiger partial charge in [-0.25, -0.2) is 17.9 Å². The van der Waals surface area contributed by atoms with E-state index >= 15 is 0 Å². The predicted octanol–water partition coefficient (Wildman–Crippen LogP) is 1.75. The number of aryl methyl sites for hydroxylation is 1.